The van der Waals surface area contributed by atoms with E-state index in [4.69, 9.17) is 0 Å². The fraction of sp³-hybridized carbons (Fsp3) is 0.111. The van der Waals surface area contributed by atoms with Gasteiger partial charge in [-0.3, -0.25) is 10.1 Å². The lowest BCUT2D eigenvalue weighted by Gasteiger charge is -2.00. The second-order valence-corrected chi connectivity index (χ2v) is 2.29. The van der Waals surface area contributed by atoms with Crippen LogP contribution in [-0.2, 0) is 9.53 Å². The Kier molecular flexibility index (Phi) is 3.79. The number of nitrogens with one attached hydrogen (secondary N) is 1. The van der Waals surface area contributed by atoms with E-state index < -0.39 is 6.09 Å². The number of carbonyl (C=O) groups excluding carboxylic acids is 2. The number of rotatable bonds is 1. The van der Waals surface area contributed by atoms with Crippen molar-refractivity contribution in [1.82, 2.24) is 9.97 Å². The van der Waals surface area contributed by atoms with Crippen LogP contribution in [0.15, 0.2) is 12.4 Å². The highest BCUT2D eigenvalue weighted by molar-refractivity contribution is 5.82. The molecule has 6 heteroatoms. The van der Waals surface area contributed by atoms with E-state index >= 15 is 0 Å². The van der Waals surface area contributed by atoms with Crippen LogP contribution >= 0.6 is 0 Å². The Morgan fingerprint density at radius 1 is 1.53 bits per heavy atom. The molecule has 0 fully saturated rings. The topological polar surface area (TPSA) is 81.2 Å². The molecular weight excluding hydrogens is 198 g/mol. The summed E-state index contributed by atoms with van der Waals surface area (Å²) in [5.74, 6) is 4.89. The van der Waals surface area contributed by atoms with E-state index in [2.05, 4.69) is 31.9 Å². The Bertz CT molecular complexity index is 416. The normalized spacial score (nSPS) is 8.33. The van der Waals surface area contributed by atoms with Crippen LogP contribution in [0.1, 0.15) is 5.69 Å². The summed E-state index contributed by atoms with van der Waals surface area (Å²) in [4.78, 5) is 28.4. The standard InChI is InChI=1S/C9H7N3O3/c1-15-9(14)12-8-6-10-7(5-11-8)3-2-4-13/h4-6H,1H3,(H,11,12,14). The van der Waals surface area contributed by atoms with E-state index in [1.54, 1.807) is 0 Å². The summed E-state index contributed by atoms with van der Waals surface area (Å²) in [6.07, 6.45) is 2.48. The largest absolute Gasteiger partial charge is 0.453 e. The Hall–Kier alpha value is -2.42. The van der Waals surface area contributed by atoms with Gasteiger partial charge in [-0.2, -0.15) is 0 Å². The fourth-order valence-corrected chi connectivity index (χ4v) is 0.716. The average molecular weight is 205 g/mol. The van der Waals surface area contributed by atoms with Gasteiger partial charge in [-0.25, -0.2) is 14.8 Å². The lowest BCUT2D eigenvalue weighted by Crippen LogP contribution is -2.12. The number of hydrogen-bond acceptors (Lipinski definition) is 5. The monoisotopic (exact) mass is 205 g/mol. The average Bonchev–Trinajstić information content (AvgIpc) is 2.28. The first-order valence-corrected chi connectivity index (χ1v) is 3.88. The minimum Gasteiger partial charge on any atom is -0.453 e. The molecule has 0 aliphatic carbocycles. The maximum atomic E-state index is 10.8. The smallest absolute Gasteiger partial charge is 0.412 e. The van der Waals surface area contributed by atoms with E-state index in [-0.39, 0.29) is 5.82 Å². The highest BCUT2D eigenvalue weighted by atomic mass is 16.5. The number of methoxy groups -OCH3 is 1. The summed E-state index contributed by atoms with van der Waals surface area (Å²) in [6.45, 7) is 0. The number of amides is 1. The molecule has 15 heavy (non-hydrogen) atoms. The molecule has 0 aliphatic heterocycles. The lowest BCUT2D eigenvalue weighted by molar-refractivity contribution is -0.103. The summed E-state index contributed by atoms with van der Waals surface area (Å²) in [5, 5.41) is 2.32. The number of anilines is 1. The lowest BCUT2D eigenvalue weighted by atomic mass is 10.4. The number of nitrogens with zero attached hydrogens (tertiary/aromatic N) is 2. The van der Waals surface area contributed by atoms with Crippen molar-refractivity contribution >= 4 is 18.2 Å². The molecule has 0 bridgehead atoms. The molecule has 76 valence electrons. The fourth-order valence-electron chi connectivity index (χ4n) is 0.716. The summed E-state index contributed by atoms with van der Waals surface area (Å²) < 4.78 is 4.36. The molecule has 6 nitrogen and oxygen atoms in total. The van der Waals surface area contributed by atoms with Crippen molar-refractivity contribution in [2.75, 3.05) is 12.4 Å². The first kappa shape index (κ1) is 10.7. The van der Waals surface area contributed by atoms with Gasteiger partial charge in [0.2, 0.25) is 0 Å². The molecule has 1 aromatic heterocycles. The third-order valence-electron chi connectivity index (χ3n) is 1.33. The van der Waals surface area contributed by atoms with Crippen molar-refractivity contribution in [3.63, 3.8) is 0 Å². The van der Waals surface area contributed by atoms with Gasteiger partial charge in [-0.05, 0) is 11.8 Å². The zero-order valence-electron chi connectivity index (χ0n) is 7.85. The third-order valence-corrected chi connectivity index (χ3v) is 1.33. The second-order valence-electron chi connectivity index (χ2n) is 2.29. The van der Waals surface area contributed by atoms with Gasteiger partial charge >= 0.3 is 6.09 Å². The van der Waals surface area contributed by atoms with Gasteiger partial charge in [0, 0.05) is 0 Å². The van der Waals surface area contributed by atoms with E-state index in [1.165, 1.54) is 19.5 Å². The summed E-state index contributed by atoms with van der Waals surface area (Å²) in [7, 11) is 1.24. The van der Waals surface area contributed by atoms with Gasteiger partial charge in [0.15, 0.2) is 12.1 Å². The Labute approximate surface area is 85.7 Å². The molecule has 0 aliphatic rings. The minimum absolute atomic E-state index is 0.249. The predicted octanol–water partition coefficient (Wildman–Crippen LogP) is 0.205. The number of ether oxygens (including phenoxy) is 1. The summed E-state index contributed by atoms with van der Waals surface area (Å²) >= 11 is 0. The molecule has 1 aromatic rings. The van der Waals surface area contributed by atoms with E-state index in [0.717, 1.165) is 0 Å². The molecule has 1 rings (SSSR count). The first-order valence-electron chi connectivity index (χ1n) is 3.88. The molecule has 0 atom stereocenters. The molecule has 0 spiro atoms. The van der Waals surface area contributed by atoms with Crippen LogP contribution in [0.4, 0.5) is 10.6 Å². The molecule has 0 radical (unpaired) electrons. The van der Waals surface area contributed by atoms with Crippen molar-refractivity contribution in [2.24, 2.45) is 0 Å². The van der Waals surface area contributed by atoms with Crippen LogP contribution in [-0.4, -0.2) is 29.5 Å². The highest BCUT2D eigenvalue weighted by Gasteiger charge is 2.01. The van der Waals surface area contributed by atoms with E-state index in [9.17, 15) is 9.59 Å². The SMILES string of the molecule is COC(=O)Nc1cnc(C#CC=O)cn1. The van der Waals surface area contributed by atoms with Crippen molar-refractivity contribution in [3.8, 4) is 11.8 Å². The Balaban J connectivity index is 2.72. The van der Waals surface area contributed by atoms with Gasteiger partial charge in [0.1, 0.15) is 5.69 Å². The number of hydrogen-bond donors (Lipinski definition) is 1. The van der Waals surface area contributed by atoms with Crippen LogP contribution in [0.25, 0.3) is 0 Å². The number of carbonyl (C=O) groups is 2. The Morgan fingerprint density at radius 2 is 2.33 bits per heavy atom. The van der Waals surface area contributed by atoms with Crippen LogP contribution in [0, 0.1) is 11.8 Å². The molecule has 1 N–H and O–H groups in total. The molecule has 0 saturated heterocycles. The van der Waals surface area contributed by atoms with E-state index in [0.29, 0.717) is 12.0 Å². The van der Waals surface area contributed by atoms with Crippen LogP contribution < -0.4 is 5.32 Å². The van der Waals surface area contributed by atoms with Crippen molar-refractivity contribution in [3.05, 3.63) is 18.1 Å². The molecule has 1 heterocycles. The maximum Gasteiger partial charge on any atom is 0.412 e. The molecular formula is C9H7N3O3. The van der Waals surface area contributed by atoms with Crippen LogP contribution in [0.5, 0.6) is 0 Å². The van der Waals surface area contributed by atoms with Gasteiger partial charge in [0.25, 0.3) is 0 Å². The maximum absolute atomic E-state index is 10.8. The summed E-state index contributed by atoms with van der Waals surface area (Å²) in [6, 6.07) is 0. The number of aromatic nitrogens is 2. The predicted molar refractivity (Wildman–Crippen MR) is 51.0 cm³/mol. The molecule has 0 saturated carbocycles. The van der Waals surface area contributed by atoms with Gasteiger partial charge in [-0.15, -0.1) is 0 Å². The quantitative estimate of drug-likeness (QED) is 0.523. The van der Waals surface area contributed by atoms with Crippen molar-refractivity contribution in [1.29, 1.82) is 0 Å². The minimum atomic E-state index is -0.629. The van der Waals surface area contributed by atoms with Crippen LogP contribution in [0.2, 0.25) is 0 Å². The zero-order chi connectivity index (χ0) is 11.1. The zero-order valence-corrected chi connectivity index (χ0v) is 7.85. The second kappa shape index (κ2) is 5.34. The highest BCUT2D eigenvalue weighted by Crippen LogP contribution is 2.00. The van der Waals surface area contributed by atoms with Gasteiger partial charge < -0.3 is 4.74 Å². The molecule has 1 amide bonds. The Morgan fingerprint density at radius 3 is 2.87 bits per heavy atom. The summed E-state index contributed by atoms with van der Waals surface area (Å²) in [5.41, 5.74) is 0.345. The van der Waals surface area contributed by atoms with Crippen molar-refractivity contribution in [2.45, 2.75) is 0 Å². The molecule has 0 aromatic carbocycles. The van der Waals surface area contributed by atoms with Gasteiger partial charge in [-0.1, -0.05) is 0 Å². The van der Waals surface area contributed by atoms with Crippen LogP contribution in [0.3, 0.4) is 0 Å². The van der Waals surface area contributed by atoms with Crippen molar-refractivity contribution < 1.29 is 14.3 Å². The molecule has 0 unspecified atom stereocenters. The van der Waals surface area contributed by atoms with Gasteiger partial charge in [0.05, 0.1) is 19.5 Å². The third kappa shape index (κ3) is 3.44. The first-order chi connectivity index (χ1) is 7.26. The van der Waals surface area contributed by atoms with E-state index in [1.807, 2.05) is 0 Å². The number of aldehydes is 1.